The van der Waals surface area contributed by atoms with Crippen LogP contribution in [0.15, 0.2) is 30.3 Å². The molecular weight excluding hydrogens is 300 g/mol. The maximum atomic E-state index is 12.2. The lowest BCUT2D eigenvalue weighted by Gasteiger charge is -2.33. The fourth-order valence-corrected chi connectivity index (χ4v) is 3.77. The Bertz CT molecular complexity index is 492. The first-order valence-corrected chi connectivity index (χ1v) is 9.50. The van der Waals surface area contributed by atoms with Crippen molar-refractivity contribution in [1.29, 1.82) is 0 Å². The van der Waals surface area contributed by atoms with Crippen molar-refractivity contribution in [3.63, 3.8) is 0 Å². The minimum absolute atomic E-state index is 0.169. The van der Waals surface area contributed by atoms with E-state index in [1.165, 1.54) is 32.1 Å². The van der Waals surface area contributed by atoms with Crippen molar-refractivity contribution in [3.8, 4) is 0 Å². The molecule has 4 nitrogen and oxygen atoms in total. The van der Waals surface area contributed by atoms with Crippen molar-refractivity contribution in [2.24, 2.45) is 5.92 Å². The highest BCUT2D eigenvalue weighted by molar-refractivity contribution is 5.67. The summed E-state index contributed by atoms with van der Waals surface area (Å²) < 4.78 is 5.43. The largest absolute Gasteiger partial charge is 0.445 e. The van der Waals surface area contributed by atoms with E-state index in [0.29, 0.717) is 12.5 Å². The lowest BCUT2D eigenvalue weighted by Crippen LogP contribution is -2.42. The van der Waals surface area contributed by atoms with E-state index in [-0.39, 0.29) is 6.09 Å². The number of rotatable bonds is 5. The number of hydrogen-bond acceptors (Lipinski definition) is 3. The van der Waals surface area contributed by atoms with Gasteiger partial charge in [-0.05, 0) is 43.7 Å². The number of hydrogen-bond donors (Lipinski definition) is 1. The van der Waals surface area contributed by atoms with Crippen molar-refractivity contribution < 1.29 is 9.53 Å². The fourth-order valence-electron chi connectivity index (χ4n) is 3.77. The van der Waals surface area contributed by atoms with Gasteiger partial charge in [0.25, 0.3) is 0 Å². The summed E-state index contributed by atoms with van der Waals surface area (Å²) in [7, 11) is 0. The predicted molar refractivity (Wildman–Crippen MR) is 95.8 cm³/mol. The lowest BCUT2D eigenvalue weighted by molar-refractivity contribution is 0.0818. The molecule has 2 fully saturated rings. The van der Waals surface area contributed by atoms with Crippen molar-refractivity contribution >= 4 is 6.09 Å². The molecule has 1 aromatic carbocycles. The first-order valence-electron chi connectivity index (χ1n) is 9.50. The standard InChI is InChI=1S/C20H30N2O2/c23-20(24-16-18-7-3-1-4-8-18)22-13-11-17(12-14-22)15-21-19-9-5-2-6-10-19/h1,3-4,7-8,17,19,21H,2,5-6,9-16H2. The van der Waals surface area contributed by atoms with Gasteiger partial charge in [-0.15, -0.1) is 0 Å². The zero-order valence-electron chi connectivity index (χ0n) is 14.6. The molecule has 1 N–H and O–H groups in total. The van der Waals surface area contributed by atoms with Gasteiger partial charge < -0.3 is 15.0 Å². The monoisotopic (exact) mass is 330 g/mol. The van der Waals surface area contributed by atoms with Gasteiger partial charge in [0.1, 0.15) is 6.61 Å². The van der Waals surface area contributed by atoms with E-state index in [2.05, 4.69) is 5.32 Å². The molecule has 2 aliphatic rings. The smallest absolute Gasteiger partial charge is 0.410 e. The molecule has 1 saturated heterocycles. The van der Waals surface area contributed by atoms with Gasteiger partial charge in [0.05, 0.1) is 0 Å². The second-order valence-electron chi connectivity index (χ2n) is 7.21. The highest BCUT2D eigenvalue weighted by Gasteiger charge is 2.24. The molecular formula is C20H30N2O2. The zero-order chi connectivity index (χ0) is 16.6. The quantitative estimate of drug-likeness (QED) is 0.888. The molecule has 132 valence electrons. The molecule has 1 saturated carbocycles. The molecule has 1 heterocycles. The highest BCUT2D eigenvalue weighted by Crippen LogP contribution is 2.20. The van der Waals surface area contributed by atoms with Crippen LogP contribution in [-0.2, 0) is 11.3 Å². The first-order chi connectivity index (χ1) is 11.8. The summed E-state index contributed by atoms with van der Waals surface area (Å²) in [6.45, 7) is 3.12. The highest BCUT2D eigenvalue weighted by atomic mass is 16.6. The normalized spacial score (nSPS) is 20.1. The molecule has 0 spiro atoms. The summed E-state index contributed by atoms with van der Waals surface area (Å²) in [4.78, 5) is 14.0. The van der Waals surface area contributed by atoms with E-state index in [4.69, 9.17) is 4.74 Å². The minimum Gasteiger partial charge on any atom is -0.445 e. The van der Waals surface area contributed by atoms with Crippen LogP contribution in [0.2, 0.25) is 0 Å². The molecule has 24 heavy (non-hydrogen) atoms. The number of ether oxygens (including phenoxy) is 1. The molecule has 1 aliphatic carbocycles. The number of carbonyl (C=O) groups is 1. The third-order valence-electron chi connectivity index (χ3n) is 5.38. The SMILES string of the molecule is O=C(OCc1ccccc1)N1CCC(CNC2CCCCC2)CC1. The lowest BCUT2D eigenvalue weighted by atomic mass is 9.93. The van der Waals surface area contributed by atoms with Crippen LogP contribution >= 0.6 is 0 Å². The van der Waals surface area contributed by atoms with Gasteiger partial charge in [-0.1, -0.05) is 49.6 Å². The molecule has 0 atom stereocenters. The van der Waals surface area contributed by atoms with Crippen molar-refractivity contribution in [1.82, 2.24) is 10.2 Å². The molecule has 3 rings (SSSR count). The average Bonchev–Trinajstić information content (AvgIpc) is 2.66. The van der Waals surface area contributed by atoms with Gasteiger partial charge in [0.2, 0.25) is 0 Å². The Morgan fingerprint density at radius 1 is 1.04 bits per heavy atom. The minimum atomic E-state index is -0.169. The van der Waals surface area contributed by atoms with Crippen LogP contribution in [-0.4, -0.2) is 36.7 Å². The van der Waals surface area contributed by atoms with Crippen molar-refractivity contribution in [2.45, 2.75) is 57.6 Å². The Hall–Kier alpha value is -1.55. The number of nitrogens with zero attached hydrogens (tertiary/aromatic N) is 1. The molecule has 0 bridgehead atoms. The van der Waals surface area contributed by atoms with E-state index < -0.39 is 0 Å². The maximum Gasteiger partial charge on any atom is 0.410 e. The van der Waals surface area contributed by atoms with Gasteiger partial charge in [-0.2, -0.15) is 0 Å². The molecule has 0 unspecified atom stereocenters. The number of amides is 1. The summed E-state index contributed by atoms with van der Waals surface area (Å²) in [6.07, 6.45) is 8.84. The number of benzene rings is 1. The third kappa shape index (κ3) is 5.23. The van der Waals surface area contributed by atoms with Crippen LogP contribution in [0.5, 0.6) is 0 Å². The topological polar surface area (TPSA) is 41.6 Å². The van der Waals surface area contributed by atoms with Crippen LogP contribution in [0.1, 0.15) is 50.5 Å². The molecule has 4 heteroatoms. The fraction of sp³-hybridized carbons (Fsp3) is 0.650. The van der Waals surface area contributed by atoms with Crippen LogP contribution in [0, 0.1) is 5.92 Å². The first kappa shape index (κ1) is 17.3. The van der Waals surface area contributed by atoms with Crippen LogP contribution in [0.3, 0.4) is 0 Å². The zero-order valence-corrected chi connectivity index (χ0v) is 14.6. The molecule has 1 amide bonds. The van der Waals surface area contributed by atoms with E-state index >= 15 is 0 Å². The number of likely N-dealkylation sites (tertiary alicyclic amines) is 1. The number of piperidine rings is 1. The molecule has 1 aliphatic heterocycles. The van der Waals surface area contributed by atoms with Crippen LogP contribution in [0.25, 0.3) is 0 Å². The summed E-state index contributed by atoms with van der Waals surface area (Å²) in [5.41, 5.74) is 1.04. The Morgan fingerprint density at radius 2 is 1.75 bits per heavy atom. The van der Waals surface area contributed by atoms with Crippen LogP contribution < -0.4 is 5.32 Å². The number of carbonyl (C=O) groups excluding carboxylic acids is 1. The second kappa shape index (κ2) is 9.07. The van der Waals surface area contributed by atoms with Gasteiger partial charge >= 0.3 is 6.09 Å². The van der Waals surface area contributed by atoms with Crippen molar-refractivity contribution in [2.75, 3.05) is 19.6 Å². The van der Waals surface area contributed by atoms with E-state index in [0.717, 1.165) is 44.1 Å². The number of nitrogens with one attached hydrogen (secondary N) is 1. The molecule has 1 aromatic rings. The van der Waals surface area contributed by atoms with Gasteiger partial charge in [-0.3, -0.25) is 0 Å². The van der Waals surface area contributed by atoms with E-state index in [1.807, 2.05) is 35.2 Å². The van der Waals surface area contributed by atoms with Gasteiger partial charge in [0, 0.05) is 19.1 Å². The Morgan fingerprint density at radius 3 is 2.46 bits per heavy atom. The predicted octanol–water partition coefficient (Wildman–Crippen LogP) is 3.96. The summed E-state index contributed by atoms with van der Waals surface area (Å²) >= 11 is 0. The Labute approximate surface area is 145 Å². The van der Waals surface area contributed by atoms with Crippen molar-refractivity contribution in [3.05, 3.63) is 35.9 Å². The third-order valence-corrected chi connectivity index (χ3v) is 5.38. The summed E-state index contributed by atoms with van der Waals surface area (Å²) in [5.74, 6) is 0.699. The van der Waals surface area contributed by atoms with Gasteiger partial charge in [0.15, 0.2) is 0 Å². The maximum absolute atomic E-state index is 12.2. The van der Waals surface area contributed by atoms with Gasteiger partial charge in [-0.25, -0.2) is 4.79 Å². The van der Waals surface area contributed by atoms with E-state index in [1.54, 1.807) is 0 Å². The summed E-state index contributed by atoms with van der Waals surface area (Å²) in [6, 6.07) is 10.6. The Balaban J connectivity index is 1.33. The van der Waals surface area contributed by atoms with Crippen LogP contribution in [0.4, 0.5) is 4.79 Å². The molecule has 0 radical (unpaired) electrons. The Kier molecular flexibility index (Phi) is 6.53. The molecule has 0 aromatic heterocycles. The second-order valence-corrected chi connectivity index (χ2v) is 7.21. The average molecular weight is 330 g/mol. The summed E-state index contributed by atoms with van der Waals surface area (Å²) in [5, 5.41) is 3.75. The van der Waals surface area contributed by atoms with E-state index in [9.17, 15) is 4.79 Å².